The maximum absolute atomic E-state index is 15.0. The molecule has 5 amide bonds. The quantitative estimate of drug-likeness (QED) is 0.0140. The van der Waals surface area contributed by atoms with Crippen LogP contribution in [0.1, 0.15) is 103 Å². The molecule has 30 nitrogen and oxygen atoms in total. The summed E-state index contributed by atoms with van der Waals surface area (Å²) in [5, 5.41) is 61.5. The second-order valence-electron chi connectivity index (χ2n) is 24.8. The van der Waals surface area contributed by atoms with Gasteiger partial charge in [-0.25, -0.2) is 14.4 Å². The van der Waals surface area contributed by atoms with E-state index in [0.717, 1.165) is 10.5 Å². The van der Waals surface area contributed by atoms with E-state index in [1.807, 2.05) is 19.9 Å². The molecule has 0 radical (unpaired) electrons. The first kappa shape index (κ1) is 79.5. The fraction of sp³-hybridized carbons (Fsp3) is 0.682. The number of carbonyl (C=O) groups excluding carboxylic acids is 6. The topological polar surface area (TPSA) is 391 Å². The summed E-state index contributed by atoms with van der Waals surface area (Å²) in [4.78, 5) is 105. The number of hydrogen-bond acceptors (Lipinski definition) is 21. The number of esters is 1. The number of carbonyl (C=O) groups is 7. The third-order valence-electron chi connectivity index (χ3n) is 17.6. The molecule has 2 aliphatic rings. The number of likely N-dealkylation sites (N-methyl/N-ethyl adjacent to an activating group) is 2. The van der Waals surface area contributed by atoms with Gasteiger partial charge in [-0.1, -0.05) is 96.4 Å². The number of benzene rings is 2. The van der Waals surface area contributed by atoms with Crippen LogP contribution in [0, 0.1) is 23.7 Å². The van der Waals surface area contributed by atoms with Crippen molar-refractivity contribution in [3.63, 3.8) is 0 Å². The first-order valence-corrected chi connectivity index (χ1v) is 32.7. The largest absolute Gasteiger partial charge is 0.480 e. The molecule has 0 bridgehead atoms. The van der Waals surface area contributed by atoms with E-state index in [9.17, 15) is 59.1 Å². The zero-order chi connectivity index (χ0) is 70.9. The summed E-state index contributed by atoms with van der Waals surface area (Å²) in [6.07, 6.45) is -9.22. The number of methoxy groups -OCH3 is 2. The number of carboxylic acids is 1. The smallest absolute Gasteiger partial charge is 0.410 e. The van der Waals surface area contributed by atoms with Gasteiger partial charge in [0.15, 0.2) is 0 Å². The van der Waals surface area contributed by atoms with Gasteiger partial charge in [0.05, 0.1) is 95.0 Å². The molecule has 96 heavy (non-hydrogen) atoms. The van der Waals surface area contributed by atoms with Crippen LogP contribution in [0.4, 0.5) is 4.79 Å². The SMILES string of the molecule is CCOC(=O)c1cc2c(COC(=O)N(C)[C@H](C(=O)N[C@H](C(=O)N(C)[C@@H](C(C)CC)[C@@H](CC(=O)N3CCC[C@H]3[C@H](OC)[C@@H](C)C(=O)NC(Cc3ccccc3)C(=O)O)OC)C(C)C)C(C)C)ccc(O[C@@H]3O[C@H](CO)[C@H](O)[C@H](O)[C@H]3O)c2n1CCOCCOCCOCCN=[N+]=[N-]. The van der Waals surface area contributed by atoms with Gasteiger partial charge in [-0.2, -0.15) is 0 Å². The molecule has 2 saturated heterocycles. The summed E-state index contributed by atoms with van der Waals surface area (Å²) in [5.41, 5.74) is 9.73. The minimum Gasteiger partial charge on any atom is -0.480 e. The van der Waals surface area contributed by atoms with Gasteiger partial charge in [-0.3, -0.25) is 24.1 Å². The number of fused-ring (bicyclic) bond motifs is 1. The molecule has 14 atom stereocenters. The number of aromatic nitrogens is 1. The van der Waals surface area contributed by atoms with Crippen molar-refractivity contribution in [1.29, 1.82) is 0 Å². The molecule has 0 saturated carbocycles. The van der Waals surface area contributed by atoms with E-state index in [-0.39, 0.29) is 101 Å². The molecule has 2 aliphatic heterocycles. The first-order chi connectivity index (χ1) is 45.8. The number of nitrogens with zero attached hydrogens (tertiary/aromatic N) is 7. The van der Waals surface area contributed by atoms with Crippen LogP contribution in [0.5, 0.6) is 5.75 Å². The molecule has 2 fully saturated rings. The van der Waals surface area contributed by atoms with Crippen LogP contribution in [0.25, 0.3) is 21.3 Å². The van der Waals surface area contributed by atoms with E-state index in [0.29, 0.717) is 36.8 Å². The normalized spacial score (nSPS) is 20.5. The van der Waals surface area contributed by atoms with Gasteiger partial charge < -0.3 is 93.2 Å². The van der Waals surface area contributed by atoms with Crippen LogP contribution >= 0.6 is 0 Å². The number of hydrogen-bond donors (Lipinski definition) is 7. The standard InChI is InChI=1S/C66H101N9O21/c1-13-40(7)54(49(88-11)35-51(77)74-25-18-21-46(74)59(89-12)41(8)60(81)69-45(63(84)85)33-42-19-16-15-17-20-42)72(9)62(83)52(38(3)4)70-61(82)53(39(5)6)73(10)66(87)94-37-43-22-23-48(95-65-58(80)57(79)56(78)50(36-76)96-65)55-44(43)34-47(64(86)93-14-2)75(55)26-28-91-30-32-92-31-29-90-27-24-68-71-67/h15-17,19-20,22-23,34,38-41,45-46,49-50,52-54,56-59,65,76,78-80H,13-14,18,21,24-33,35-37H2,1-12H3,(H,69,81)(H,70,82)(H,84,85)/t40?,41-,45?,46+,49-,50-,52+,53+,54+,56+,57+,58-,59-,65-/m1/s1. The van der Waals surface area contributed by atoms with Gasteiger partial charge in [0.25, 0.3) is 0 Å². The van der Waals surface area contributed by atoms with Gasteiger partial charge in [0, 0.05) is 64.7 Å². The second-order valence-corrected chi connectivity index (χ2v) is 24.8. The van der Waals surface area contributed by atoms with Gasteiger partial charge in [0.1, 0.15) is 60.6 Å². The Balaban J connectivity index is 1.33. The van der Waals surface area contributed by atoms with Crippen molar-refractivity contribution in [2.24, 2.45) is 28.8 Å². The molecule has 3 heterocycles. The van der Waals surface area contributed by atoms with E-state index in [4.69, 9.17) is 48.2 Å². The maximum Gasteiger partial charge on any atom is 0.410 e. The van der Waals surface area contributed by atoms with Crippen LogP contribution in [0.15, 0.2) is 53.6 Å². The lowest BCUT2D eigenvalue weighted by atomic mass is 9.89. The highest BCUT2D eigenvalue weighted by Gasteiger charge is 2.47. The number of azide groups is 1. The Morgan fingerprint density at radius 1 is 0.812 bits per heavy atom. The Morgan fingerprint density at radius 3 is 2.07 bits per heavy atom. The van der Waals surface area contributed by atoms with E-state index in [1.165, 1.54) is 48.9 Å². The van der Waals surface area contributed by atoms with Crippen molar-refractivity contribution in [1.82, 2.24) is 29.9 Å². The van der Waals surface area contributed by atoms with Crippen LogP contribution in [0.3, 0.4) is 0 Å². The highest BCUT2D eigenvalue weighted by atomic mass is 16.7. The van der Waals surface area contributed by atoms with Crippen molar-refractivity contribution in [2.45, 2.75) is 174 Å². The number of rotatable bonds is 40. The van der Waals surface area contributed by atoms with Crippen molar-refractivity contribution in [2.75, 3.05) is 94.3 Å². The van der Waals surface area contributed by atoms with Gasteiger partial charge >= 0.3 is 18.0 Å². The zero-order valence-electron chi connectivity index (χ0n) is 57.3. The molecular weight excluding hydrogens is 1250 g/mol. The summed E-state index contributed by atoms with van der Waals surface area (Å²) < 4.78 is 53.6. The van der Waals surface area contributed by atoms with Crippen LogP contribution in [-0.2, 0) is 81.4 Å². The van der Waals surface area contributed by atoms with Gasteiger partial charge in [0.2, 0.25) is 29.9 Å². The number of aliphatic carboxylic acids is 1. The lowest BCUT2D eigenvalue weighted by Gasteiger charge is -2.41. The molecule has 5 rings (SSSR count). The van der Waals surface area contributed by atoms with E-state index >= 15 is 0 Å². The van der Waals surface area contributed by atoms with E-state index in [1.54, 1.807) is 77.8 Å². The monoisotopic (exact) mass is 1360 g/mol. The minimum atomic E-state index is -1.81. The van der Waals surface area contributed by atoms with Gasteiger partial charge in [-0.05, 0) is 66.3 Å². The van der Waals surface area contributed by atoms with Gasteiger partial charge in [-0.15, -0.1) is 0 Å². The fourth-order valence-electron chi connectivity index (χ4n) is 12.3. The lowest BCUT2D eigenvalue weighted by Crippen LogP contribution is -2.60. The first-order valence-electron chi connectivity index (χ1n) is 32.7. The molecule has 2 aromatic carbocycles. The highest BCUT2D eigenvalue weighted by molar-refractivity contribution is 5.99. The summed E-state index contributed by atoms with van der Waals surface area (Å²) in [7, 11) is 5.90. The van der Waals surface area contributed by atoms with Crippen LogP contribution in [0.2, 0.25) is 0 Å². The highest BCUT2D eigenvalue weighted by Crippen LogP contribution is 2.36. The van der Waals surface area contributed by atoms with Crippen molar-refractivity contribution >= 4 is 52.6 Å². The molecule has 3 aromatic rings. The fourth-order valence-corrected chi connectivity index (χ4v) is 12.3. The molecule has 0 spiro atoms. The third-order valence-corrected chi connectivity index (χ3v) is 17.6. The Kier molecular flexibility index (Phi) is 32.5. The number of aliphatic hydroxyl groups excluding tert-OH is 4. The molecule has 0 aliphatic carbocycles. The predicted molar refractivity (Wildman–Crippen MR) is 348 cm³/mol. The summed E-state index contributed by atoms with van der Waals surface area (Å²) in [6.45, 7) is 14.6. The van der Waals surface area contributed by atoms with Crippen molar-refractivity contribution < 1.29 is 102 Å². The maximum atomic E-state index is 15.0. The Bertz CT molecular complexity index is 3040. The summed E-state index contributed by atoms with van der Waals surface area (Å²) >= 11 is 0. The molecule has 2 unspecified atom stereocenters. The molecule has 536 valence electrons. The van der Waals surface area contributed by atoms with Crippen LogP contribution < -0.4 is 15.4 Å². The second kappa shape index (κ2) is 39.2. The minimum absolute atomic E-state index is 0.00148. The molecule has 1 aromatic heterocycles. The number of nitrogens with one attached hydrogen (secondary N) is 2. The van der Waals surface area contributed by atoms with E-state index < -0.39 is 140 Å². The number of ether oxygens (including phenoxy) is 9. The zero-order valence-corrected chi connectivity index (χ0v) is 57.3. The van der Waals surface area contributed by atoms with Crippen molar-refractivity contribution in [3.8, 4) is 5.75 Å². The third kappa shape index (κ3) is 21.1. The Labute approximate surface area is 560 Å². The van der Waals surface area contributed by atoms with E-state index in [2.05, 4.69) is 20.7 Å². The summed E-state index contributed by atoms with van der Waals surface area (Å²) in [6, 6.07) is 8.65. The molecule has 30 heteroatoms. The van der Waals surface area contributed by atoms with Crippen LogP contribution in [-0.4, -0.2) is 254 Å². The number of likely N-dealkylation sites (tertiary alicyclic amines) is 1. The average molecular weight is 1360 g/mol. The Hall–Kier alpha value is -7.22. The van der Waals surface area contributed by atoms with Crippen molar-refractivity contribution in [3.05, 3.63) is 75.8 Å². The number of carboxylic acid groups (broad SMARTS) is 1. The number of aliphatic hydroxyl groups is 4. The average Bonchev–Trinajstić information content (AvgIpc) is 1.55. The summed E-state index contributed by atoms with van der Waals surface area (Å²) in [5.74, 6) is -6.04. The lowest BCUT2D eigenvalue weighted by molar-refractivity contribution is -0.277. The molecule has 7 N–H and O–H groups in total. The Morgan fingerprint density at radius 2 is 1.48 bits per heavy atom. The molecular formula is C66H101N9O21. The number of amides is 5. The predicted octanol–water partition coefficient (Wildman–Crippen LogP) is 3.82.